The second-order valence-electron chi connectivity index (χ2n) is 5.20. The Hall–Kier alpha value is -3.01. The van der Waals surface area contributed by atoms with Crippen molar-refractivity contribution in [3.8, 4) is 0 Å². The van der Waals surface area contributed by atoms with E-state index in [0.717, 1.165) is 21.9 Å². The van der Waals surface area contributed by atoms with Gasteiger partial charge in [-0.05, 0) is 40.1 Å². The lowest BCUT2D eigenvalue weighted by molar-refractivity contribution is -0.120. The molecule has 0 aliphatic carbocycles. The summed E-state index contributed by atoms with van der Waals surface area (Å²) in [5, 5.41) is 6.24. The van der Waals surface area contributed by atoms with E-state index in [2.05, 4.69) is 10.5 Å². The van der Waals surface area contributed by atoms with Gasteiger partial charge in [-0.1, -0.05) is 48.5 Å². The molecule has 3 rings (SSSR count). The monoisotopic (exact) mass is 306 g/mol. The van der Waals surface area contributed by atoms with Gasteiger partial charge in [-0.3, -0.25) is 4.79 Å². The number of amides is 1. The van der Waals surface area contributed by atoms with E-state index in [4.69, 9.17) is 0 Å². The highest BCUT2D eigenvalue weighted by molar-refractivity contribution is 5.91. The summed E-state index contributed by atoms with van der Waals surface area (Å²) in [4.78, 5) is 11.8. The van der Waals surface area contributed by atoms with Gasteiger partial charge in [0.2, 0.25) is 5.91 Å². The Bertz CT molecular complexity index is 857. The number of carbonyl (C=O) groups is 1. The zero-order valence-corrected chi connectivity index (χ0v) is 12.4. The number of rotatable bonds is 4. The minimum absolute atomic E-state index is 0.162. The molecule has 0 saturated carbocycles. The number of nitrogens with one attached hydrogen (secondary N) is 1. The van der Waals surface area contributed by atoms with Crippen molar-refractivity contribution in [2.24, 2.45) is 5.10 Å². The first kappa shape index (κ1) is 14.9. The fourth-order valence-electron chi connectivity index (χ4n) is 2.29. The third-order valence-corrected chi connectivity index (χ3v) is 3.45. The molecule has 0 aliphatic rings. The summed E-state index contributed by atoms with van der Waals surface area (Å²) in [6, 6.07) is 19.8. The van der Waals surface area contributed by atoms with Gasteiger partial charge in [-0.25, -0.2) is 9.82 Å². The predicted octanol–water partition coefficient (Wildman–Crippen LogP) is 3.67. The van der Waals surface area contributed by atoms with Crippen molar-refractivity contribution in [1.82, 2.24) is 5.43 Å². The van der Waals surface area contributed by atoms with Crippen LogP contribution < -0.4 is 5.43 Å². The van der Waals surface area contributed by atoms with Crippen LogP contribution in [0.4, 0.5) is 4.39 Å². The average molecular weight is 306 g/mol. The number of carbonyl (C=O) groups excluding carboxylic acids is 1. The van der Waals surface area contributed by atoms with Gasteiger partial charge in [0.05, 0.1) is 12.6 Å². The van der Waals surface area contributed by atoms with Crippen LogP contribution in [0.15, 0.2) is 71.8 Å². The quantitative estimate of drug-likeness (QED) is 0.580. The summed E-state index contributed by atoms with van der Waals surface area (Å²) < 4.78 is 12.8. The molecule has 0 radical (unpaired) electrons. The molecule has 3 nitrogen and oxygen atoms in total. The standard InChI is InChI=1S/C19H15FN2O/c20-18-9-6-14(7-10-18)12-19(23)22-21-13-15-5-8-16-3-1-2-4-17(16)11-15/h1-11,13H,12H2,(H,22,23)/b21-13+. The van der Waals surface area contributed by atoms with E-state index >= 15 is 0 Å². The Labute approximate surface area is 133 Å². The van der Waals surface area contributed by atoms with Gasteiger partial charge in [0, 0.05) is 0 Å². The van der Waals surface area contributed by atoms with E-state index in [0.29, 0.717) is 0 Å². The molecule has 114 valence electrons. The van der Waals surface area contributed by atoms with E-state index in [9.17, 15) is 9.18 Å². The Morgan fingerprint density at radius 2 is 1.74 bits per heavy atom. The molecule has 0 bridgehead atoms. The number of hydrogen-bond donors (Lipinski definition) is 1. The number of hydrazone groups is 1. The first-order chi connectivity index (χ1) is 11.2. The van der Waals surface area contributed by atoms with Gasteiger partial charge in [0.25, 0.3) is 0 Å². The maximum atomic E-state index is 12.8. The van der Waals surface area contributed by atoms with Gasteiger partial charge in [0.1, 0.15) is 5.82 Å². The van der Waals surface area contributed by atoms with Gasteiger partial charge in [-0.15, -0.1) is 0 Å². The van der Waals surface area contributed by atoms with Crippen molar-refractivity contribution in [3.05, 3.63) is 83.7 Å². The first-order valence-electron chi connectivity index (χ1n) is 7.26. The number of halogens is 1. The van der Waals surface area contributed by atoms with E-state index in [1.807, 2.05) is 42.5 Å². The molecule has 1 N–H and O–H groups in total. The van der Waals surface area contributed by atoms with Gasteiger partial charge >= 0.3 is 0 Å². The Morgan fingerprint density at radius 1 is 1.00 bits per heavy atom. The first-order valence-corrected chi connectivity index (χ1v) is 7.26. The maximum Gasteiger partial charge on any atom is 0.244 e. The van der Waals surface area contributed by atoms with Crippen LogP contribution in [0.2, 0.25) is 0 Å². The molecule has 1 amide bonds. The van der Waals surface area contributed by atoms with E-state index in [1.165, 1.54) is 12.1 Å². The van der Waals surface area contributed by atoms with Crippen molar-refractivity contribution in [3.63, 3.8) is 0 Å². The van der Waals surface area contributed by atoms with Crippen LogP contribution in [-0.4, -0.2) is 12.1 Å². The summed E-state index contributed by atoms with van der Waals surface area (Å²) in [6.45, 7) is 0. The molecule has 0 saturated heterocycles. The fraction of sp³-hybridized carbons (Fsp3) is 0.0526. The normalized spacial score (nSPS) is 11.0. The Balaban J connectivity index is 1.60. The predicted molar refractivity (Wildman–Crippen MR) is 89.8 cm³/mol. The minimum atomic E-state index is -0.316. The molecule has 4 heteroatoms. The third-order valence-electron chi connectivity index (χ3n) is 3.45. The SMILES string of the molecule is O=C(Cc1ccc(F)cc1)N/N=C/c1ccc2ccccc2c1. The van der Waals surface area contributed by atoms with Gasteiger partial charge < -0.3 is 0 Å². The number of nitrogens with zero attached hydrogens (tertiary/aromatic N) is 1. The molecule has 0 unspecified atom stereocenters. The summed E-state index contributed by atoms with van der Waals surface area (Å²) in [5.41, 5.74) is 4.13. The molecule has 0 heterocycles. The largest absolute Gasteiger partial charge is 0.273 e. The van der Waals surface area contributed by atoms with Crippen molar-refractivity contribution in [2.45, 2.75) is 6.42 Å². The molecule has 3 aromatic carbocycles. The van der Waals surface area contributed by atoms with Crippen molar-refractivity contribution < 1.29 is 9.18 Å². The lowest BCUT2D eigenvalue weighted by Crippen LogP contribution is -2.19. The van der Waals surface area contributed by atoms with Crippen molar-refractivity contribution >= 4 is 22.9 Å². The lowest BCUT2D eigenvalue weighted by Gasteiger charge is -2.01. The zero-order valence-electron chi connectivity index (χ0n) is 12.4. The average Bonchev–Trinajstić information content (AvgIpc) is 2.57. The second-order valence-corrected chi connectivity index (χ2v) is 5.20. The van der Waals surface area contributed by atoms with Gasteiger partial charge in [0.15, 0.2) is 0 Å². The molecular weight excluding hydrogens is 291 g/mol. The highest BCUT2D eigenvalue weighted by Gasteiger charge is 2.02. The van der Waals surface area contributed by atoms with Crippen molar-refractivity contribution in [1.29, 1.82) is 0 Å². The van der Waals surface area contributed by atoms with Crippen LogP contribution in [0.5, 0.6) is 0 Å². The van der Waals surface area contributed by atoms with E-state index in [1.54, 1.807) is 18.3 Å². The molecular formula is C19H15FN2O. The molecule has 0 atom stereocenters. The van der Waals surface area contributed by atoms with Crippen LogP contribution >= 0.6 is 0 Å². The highest BCUT2D eigenvalue weighted by atomic mass is 19.1. The van der Waals surface area contributed by atoms with Crippen LogP contribution in [0.3, 0.4) is 0 Å². The van der Waals surface area contributed by atoms with Crippen LogP contribution in [0.1, 0.15) is 11.1 Å². The molecule has 0 aliphatic heterocycles. The molecule has 23 heavy (non-hydrogen) atoms. The Kier molecular flexibility index (Phi) is 4.43. The number of fused-ring (bicyclic) bond motifs is 1. The highest BCUT2D eigenvalue weighted by Crippen LogP contribution is 2.14. The zero-order chi connectivity index (χ0) is 16.1. The fourth-order valence-corrected chi connectivity index (χ4v) is 2.29. The number of hydrogen-bond acceptors (Lipinski definition) is 2. The topological polar surface area (TPSA) is 41.5 Å². The third kappa shape index (κ3) is 4.01. The van der Waals surface area contributed by atoms with Gasteiger partial charge in [-0.2, -0.15) is 5.10 Å². The minimum Gasteiger partial charge on any atom is -0.273 e. The summed E-state index contributed by atoms with van der Waals surface area (Å²) in [5.74, 6) is -0.558. The van der Waals surface area contributed by atoms with Crippen LogP contribution in [0, 0.1) is 5.82 Å². The molecule has 0 fully saturated rings. The van der Waals surface area contributed by atoms with E-state index < -0.39 is 0 Å². The second kappa shape index (κ2) is 6.83. The number of benzene rings is 3. The summed E-state index contributed by atoms with van der Waals surface area (Å²) >= 11 is 0. The maximum absolute atomic E-state index is 12.8. The van der Waals surface area contributed by atoms with E-state index in [-0.39, 0.29) is 18.1 Å². The van der Waals surface area contributed by atoms with Crippen molar-refractivity contribution in [2.75, 3.05) is 0 Å². The smallest absolute Gasteiger partial charge is 0.244 e. The van der Waals surface area contributed by atoms with Crippen LogP contribution in [-0.2, 0) is 11.2 Å². The summed E-state index contributed by atoms with van der Waals surface area (Å²) in [6.07, 6.45) is 1.77. The summed E-state index contributed by atoms with van der Waals surface area (Å²) in [7, 11) is 0. The Morgan fingerprint density at radius 3 is 2.52 bits per heavy atom. The molecule has 3 aromatic rings. The molecule has 0 aromatic heterocycles. The lowest BCUT2D eigenvalue weighted by atomic mass is 10.1. The molecule has 0 spiro atoms. The van der Waals surface area contributed by atoms with Crippen LogP contribution in [0.25, 0.3) is 10.8 Å².